The molecule has 0 spiro atoms. The van der Waals surface area contributed by atoms with Crippen molar-refractivity contribution in [2.24, 2.45) is 0 Å². The molecule has 0 aromatic heterocycles. The van der Waals surface area contributed by atoms with Gasteiger partial charge in [-0.05, 0) is 43.4 Å². The van der Waals surface area contributed by atoms with Gasteiger partial charge in [0.1, 0.15) is 6.17 Å². The topological polar surface area (TPSA) is 30.9 Å². The zero-order valence-electron chi connectivity index (χ0n) is 15.8. The van der Waals surface area contributed by atoms with Crippen LogP contribution in [-0.4, -0.2) is 57.1 Å². The maximum absolute atomic E-state index is 13.6. The van der Waals surface area contributed by atoms with Crippen LogP contribution in [0.4, 0.5) is 4.39 Å². The van der Waals surface area contributed by atoms with Gasteiger partial charge in [-0.15, -0.1) is 12.4 Å². The van der Waals surface area contributed by atoms with E-state index in [0.717, 1.165) is 37.3 Å². The van der Waals surface area contributed by atoms with Gasteiger partial charge in [-0.3, -0.25) is 4.90 Å². The van der Waals surface area contributed by atoms with E-state index in [0.29, 0.717) is 25.6 Å². The van der Waals surface area contributed by atoms with Crippen LogP contribution in [0.2, 0.25) is 0 Å². The molecule has 1 aromatic carbocycles. The van der Waals surface area contributed by atoms with Crippen LogP contribution in [-0.2, 0) is 11.2 Å². The highest BCUT2D eigenvalue weighted by Gasteiger charge is 2.35. The molecule has 2 fully saturated rings. The van der Waals surface area contributed by atoms with Crippen LogP contribution in [0, 0.1) is 0 Å². The zero-order chi connectivity index (χ0) is 17.6. The number of ether oxygens (including phenoxy) is 3. The van der Waals surface area contributed by atoms with Crippen molar-refractivity contribution in [1.29, 1.82) is 0 Å². The summed E-state index contributed by atoms with van der Waals surface area (Å²) in [6.07, 6.45) is 5.76. The Morgan fingerprint density at radius 1 is 1.08 bits per heavy atom. The quantitative estimate of drug-likeness (QED) is 0.706. The zero-order valence-corrected chi connectivity index (χ0v) is 16.6. The van der Waals surface area contributed by atoms with Crippen LogP contribution in [0.1, 0.15) is 37.7 Å². The van der Waals surface area contributed by atoms with Gasteiger partial charge in [0.15, 0.2) is 11.5 Å². The maximum Gasteiger partial charge on any atom is 0.160 e. The molecule has 0 N–H and O–H groups in total. The monoisotopic (exact) mass is 387 g/mol. The molecule has 3 rings (SSSR count). The van der Waals surface area contributed by atoms with Crippen LogP contribution in [0.25, 0.3) is 0 Å². The second kappa shape index (κ2) is 10.3. The third kappa shape index (κ3) is 5.24. The number of nitrogens with zero attached hydrogens (tertiary/aromatic N) is 1. The van der Waals surface area contributed by atoms with Crippen molar-refractivity contribution < 1.29 is 18.6 Å². The Morgan fingerprint density at radius 2 is 1.85 bits per heavy atom. The van der Waals surface area contributed by atoms with Gasteiger partial charge in [0, 0.05) is 19.1 Å². The molecule has 1 saturated carbocycles. The molecule has 26 heavy (non-hydrogen) atoms. The molecular weight excluding hydrogens is 357 g/mol. The summed E-state index contributed by atoms with van der Waals surface area (Å²) in [6, 6.07) is 6.38. The molecule has 0 amide bonds. The molecule has 6 heteroatoms. The number of hydrogen-bond acceptors (Lipinski definition) is 4. The van der Waals surface area contributed by atoms with E-state index in [9.17, 15) is 4.39 Å². The number of hydrogen-bond donors (Lipinski definition) is 0. The summed E-state index contributed by atoms with van der Waals surface area (Å²) >= 11 is 0. The summed E-state index contributed by atoms with van der Waals surface area (Å²) in [5.41, 5.74) is 1.18. The standard InChI is InChI=1S/C20H30FNO3.ClH/c1-23-19-8-7-15(13-20(19)24-2)10-12-25-18-6-4-3-5-17(18)22-11-9-16(21)14-22;/h7-8,13,16-18H,3-6,9-12,14H2,1-2H3;1H/t16?,17-,18-;/m0./s1. The van der Waals surface area contributed by atoms with Crippen molar-refractivity contribution in [3.05, 3.63) is 23.8 Å². The van der Waals surface area contributed by atoms with Crippen molar-refractivity contribution in [1.82, 2.24) is 4.90 Å². The Morgan fingerprint density at radius 3 is 2.54 bits per heavy atom. The normalized spacial score (nSPS) is 26.3. The molecule has 0 radical (unpaired) electrons. The van der Waals surface area contributed by atoms with Crippen LogP contribution < -0.4 is 9.47 Å². The molecule has 1 aliphatic heterocycles. The van der Waals surface area contributed by atoms with Crippen LogP contribution in [0.3, 0.4) is 0 Å². The predicted octanol–water partition coefficient (Wildman–Crippen LogP) is 4.04. The molecule has 2 aliphatic rings. The summed E-state index contributed by atoms with van der Waals surface area (Å²) < 4.78 is 30.4. The lowest BCUT2D eigenvalue weighted by Gasteiger charge is -2.37. The van der Waals surface area contributed by atoms with Gasteiger partial charge in [-0.25, -0.2) is 4.39 Å². The number of alkyl halides is 1. The fourth-order valence-corrected chi connectivity index (χ4v) is 4.10. The highest BCUT2D eigenvalue weighted by atomic mass is 35.5. The molecule has 1 aromatic rings. The van der Waals surface area contributed by atoms with Gasteiger partial charge in [-0.2, -0.15) is 0 Å². The molecule has 1 saturated heterocycles. The lowest BCUT2D eigenvalue weighted by atomic mass is 9.91. The molecule has 0 bridgehead atoms. The first-order valence-corrected chi connectivity index (χ1v) is 9.42. The number of rotatable bonds is 7. The second-order valence-electron chi connectivity index (χ2n) is 7.08. The van der Waals surface area contributed by atoms with E-state index in [1.807, 2.05) is 12.1 Å². The Bertz CT molecular complexity index is 560. The van der Waals surface area contributed by atoms with Crippen LogP contribution in [0.5, 0.6) is 11.5 Å². The first-order valence-electron chi connectivity index (χ1n) is 9.42. The first-order chi connectivity index (χ1) is 12.2. The van der Waals surface area contributed by atoms with Crippen LogP contribution >= 0.6 is 12.4 Å². The van der Waals surface area contributed by atoms with E-state index in [4.69, 9.17) is 14.2 Å². The fraction of sp³-hybridized carbons (Fsp3) is 0.700. The molecule has 4 nitrogen and oxygen atoms in total. The van der Waals surface area contributed by atoms with E-state index in [1.54, 1.807) is 14.2 Å². The fourth-order valence-electron chi connectivity index (χ4n) is 4.10. The van der Waals surface area contributed by atoms with E-state index in [2.05, 4.69) is 11.0 Å². The third-order valence-corrected chi connectivity index (χ3v) is 5.47. The van der Waals surface area contributed by atoms with Crippen molar-refractivity contribution in [3.63, 3.8) is 0 Å². The number of likely N-dealkylation sites (tertiary alicyclic amines) is 1. The van der Waals surface area contributed by atoms with Crippen molar-refractivity contribution in [2.45, 2.75) is 56.8 Å². The summed E-state index contributed by atoms with van der Waals surface area (Å²) in [4.78, 5) is 2.31. The highest BCUT2D eigenvalue weighted by molar-refractivity contribution is 5.85. The Balaban J connectivity index is 0.00000243. The minimum Gasteiger partial charge on any atom is -0.493 e. The van der Waals surface area contributed by atoms with E-state index < -0.39 is 6.17 Å². The van der Waals surface area contributed by atoms with Gasteiger partial charge >= 0.3 is 0 Å². The SMILES string of the molecule is COc1ccc(CCO[C@H]2CCCC[C@@H]2N2CCC(F)C2)cc1OC.Cl. The van der Waals surface area contributed by atoms with Crippen molar-refractivity contribution in [3.8, 4) is 11.5 Å². The van der Waals surface area contributed by atoms with Gasteiger partial charge < -0.3 is 14.2 Å². The molecule has 1 unspecified atom stereocenters. The lowest BCUT2D eigenvalue weighted by molar-refractivity contribution is -0.0303. The molecule has 148 valence electrons. The Kier molecular flexibility index (Phi) is 8.45. The molecule has 1 heterocycles. The smallest absolute Gasteiger partial charge is 0.160 e. The van der Waals surface area contributed by atoms with E-state index >= 15 is 0 Å². The first kappa shape index (κ1) is 21.3. The lowest BCUT2D eigenvalue weighted by Crippen LogP contribution is -2.46. The summed E-state index contributed by atoms with van der Waals surface area (Å²) in [5, 5.41) is 0. The summed E-state index contributed by atoms with van der Waals surface area (Å²) in [6.45, 7) is 2.14. The summed E-state index contributed by atoms with van der Waals surface area (Å²) in [7, 11) is 3.29. The Hall–Kier alpha value is -1.04. The maximum atomic E-state index is 13.6. The van der Waals surface area contributed by atoms with E-state index in [-0.39, 0.29) is 18.5 Å². The van der Waals surface area contributed by atoms with Crippen LogP contribution in [0.15, 0.2) is 18.2 Å². The number of benzene rings is 1. The minimum absolute atomic E-state index is 0. The number of methoxy groups -OCH3 is 2. The van der Waals surface area contributed by atoms with Gasteiger partial charge in [0.25, 0.3) is 0 Å². The third-order valence-electron chi connectivity index (χ3n) is 5.47. The largest absolute Gasteiger partial charge is 0.493 e. The van der Waals surface area contributed by atoms with Crippen molar-refractivity contribution in [2.75, 3.05) is 33.9 Å². The minimum atomic E-state index is -0.658. The van der Waals surface area contributed by atoms with Gasteiger partial charge in [-0.1, -0.05) is 18.9 Å². The molecular formula is C20H31ClFNO3. The predicted molar refractivity (Wildman–Crippen MR) is 104 cm³/mol. The Labute approximate surface area is 162 Å². The summed E-state index contributed by atoms with van der Waals surface area (Å²) in [5.74, 6) is 1.50. The van der Waals surface area contributed by atoms with Crippen molar-refractivity contribution >= 4 is 12.4 Å². The molecule has 1 aliphatic carbocycles. The number of halogens is 2. The van der Waals surface area contributed by atoms with Gasteiger partial charge in [0.2, 0.25) is 0 Å². The van der Waals surface area contributed by atoms with Gasteiger partial charge in [0.05, 0.1) is 26.9 Å². The average Bonchev–Trinajstić information content (AvgIpc) is 3.08. The average molecular weight is 388 g/mol. The van der Waals surface area contributed by atoms with E-state index in [1.165, 1.54) is 18.4 Å². The molecule has 3 atom stereocenters. The second-order valence-corrected chi connectivity index (χ2v) is 7.08. The highest BCUT2D eigenvalue weighted by Crippen LogP contribution is 2.30.